The van der Waals surface area contributed by atoms with Crippen LogP contribution in [0.5, 0.6) is 5.75 Å². The van der Waals surface area contributed by atoms with E-state index in [0.29, 0.717) is 11.3 Å². The van der Waals surface area contributed by atoms with E-state index in [-0.39, 0.29) is 28.9 Å². The summed E-state index contributed by atoms with van der Waals surface area (Å²) in [4.78, 5) is 12.6. The highest BCUT2D eigenvalue weighted by atomic mass is 19.3. The number of nitrogen functional groups attached to an aromatic ring is 1. The number of imidazole rings is 1. The second-order valence-electron chi connectivity index (χ2n) is 7.41. The molecule has 1 fully saturated rings. The molecule has 0 atom stereocenters. The Balaban J connectivity index is 1.58. The molecule has 7 nitrogen and oxygen atoms in total. The minimum Gasteiger partial charge on any atom is -0.432 e. The van der Waals surface area contributed by atoms with Crippen LogP contribution in [0.3, 0.4) is 0 Å². The molecular weight excluding hydrogens is 447 g/mol. The zero-order valence-corrected chi connectivity index (χ0v) is 16.7. The molecule has 0 saturated heterocycles. The molecule has 1 aliphatic rings. The number of ether oxygens (including phenoxy) is 1. The van der Waals surface area contributed by atoms with Gasteiger partial charge in [0.05, 0.1) is 5.52 Å². The predicted octanol–water partition coefficient (Wildman–Crippen LogP) is 5.04. The Morgan fingerprint density at radius 3 is 2.52 bits per heavy atom. The number of fused-ring (bicyclic) bond motifs is 1. The first kappa shape index (κ1) is 20.9. The van der Waals surface area contributed by atoms with Crippen LogP contribution in [-0.4, -0.2) is 26.1 Å². The van der Waals surface area contributed by atoms with Crippen LogP contribution >= 0.6 is 0 Å². The van der Waals surface area contributed by atoms with Gasteiger partial charge in [0.25, 0.3) is 0 Å². The van der Waals surface area contributed by atoms with E-state index in [2.05, 4.69) is 25.0 Å². The average molecular weight is 462 g/mol. The first-order chi connectivity index (χ1) is 15.8. The minimum atomic E-state index is -3.20. The lowest BCUT2D eigenvalue weighted by molar-refractivity contribution is -0.0521. The molecule has 170 valence electrons. The first-order valence-corrected chi connectivity index (χ1v) is 9.83. The number of anilines is 3. The number of nitrogens with two attached hydrogens (primary N) is 1. The Labute approximate surface area is 183 Å². The molecule has 0 radical (unpaired) electrons. The SMILES string of the molecule is Nc1nc(-n2c(C3CC3)nc3c(F)cccc32)nc(Nc2ccc(OC(F)F)c(F)c2)c1F. The van der Waals surface area contributed by atoms with E-state index in [9.17, 15) is 22.0 Å². The molecule has 1 saturated carbocycles. The van der Waals surface area contributed by atoms with E-state index < -0.39 is 35.6 Å². The maximum Gasteiger partial charge on any atom is 0.387 e. The summed E-state index contributed by atoms with van der Waals surface area (Å²) < 4.78 is 73.3. The van der Waals surface area contributed by atoms with Crippen LogP contribution in [0.2, 0.25) is 0 Å². The van der Waals surface area contributed by atoms with Crippen LogP contribution in [0.15, 0.2) is 36.4 Å². The predicted molar refractivity (Wildman–Crippen MR) is 109 cm³/mol. The minimum absolute atomic E-state index is 0.000941. The Morgan fingerprint density at radius 2 is 1.82 bits per heavy atom. The topological polar surface area (TPSA) is 90.9 Å². The standard InChI is InChI=1S/C21H15F5N6O/c22-11-2-1-3-13-16(11)29-19(9-4-5-9)32(13)21-30-17(27)15(24)18(31-21)28-10-6-7-14(12(23)8-10)33-20(25)26/h1-3,6-9,20H,4-5H2,(H3,27,28,30,31). The van der Waals surface area contributed by atoms with Crippen molar-refractivity contribution >= 4 is 28.4 Å². The second-order valence-corrected chi connectivity index (χ2v) is 7.41. The fourth-order valence-electron chi connectivity index (χ4n) is 3.45. The van der Waals surface area contributed by atoms with Gasteiger partial charge in [0, 0.05) is 17.7 Å². The van der Waals surface area contributed by atoms with Crippen molar-refractivity contribution in [1.82, 2.24) is 19.5 Å². The Kier molecular flexibility index (Phi) is 4.99. The highest BCUT2D eigenvalue weighted by Gasteiger charge is 2.32. The van der Waals surface area contributed by atoms with Crippen molar-refractivity contribution in [1.29, 1.82) is 0 Å². The number of rotatable bonds is 6. The molecule has 12 heteroatoms. The van der Waals surface area contributed by atoms with E-state index in [4.69, 9.17) is 5.73 Å². The molecule has 1 aliphatic carbocycles. The Hall–Kier alpha value is -3.96. The third-order valence-corrected chi connectivity index (χ3v) is 5.08. The maximum absolute atomic E-state index is 14.7. The summed E-state index contributed by atoms with van der Waals surface area (Å²) in [5, 5.41) is 2.56. The van der Waals surface area contributed by atoms with Crippen LogP contribution in [-0.2, 0) is 0 Å². The van der Waals surface area contributed by atoms with Crippen molar-refractivity contribution in [3.05, 3.63) is 59.7 Å². The molecule has 5 rings (SSSR count). The van der Waals surface area contributed by atoms with Crippen LogP contribution < -0.4 is 15.8 Å². The van der Waals surface area contributed by atoms with Crippen LogP contribution in [0.4, 0.5) is 39.3 Å². The van der Waals surface area contributed by atoms with Crippen molar-refractivity contribution in [2.24, 2.45) is 0 Å². The average Bonchev–Trinajstić information content (AvgIpc) is 3.53. The van der Waals surface area contributed by atoms with Gasteiger partial charge in [-0.25, -0.2) is 13.8 Å². The number of alkyl halides is 2. The number of hydrogen-bond donors (Lipinski definition) is 2. The number of nitrogens with one attached hydrogen (secondary N) is 1. The van der Waals surface area contributed by atoms with Crippen molar-refractivity contribution in [2.75, 3.05) is 11.1 Å². The van der Waals surface area contributed by atoms with Gasteiger partial charge in [0.2, 0.25) is 11.8 Å². The summed E-state index contributed by atoms with van der Waals surface area (Å²) in [6, 6.07) is 7.42. The number of hydrogen-bond acceptors (Lipinski definition) is 6. The summed E-state index contributed by atoms with van der Waals surface area (Å²) in [5.74, 6) is -3.63. The number of para-hydroxylation sites is 1. The largest absolute Gasteiger partial charge is 0.432 e. The number of halogens is 5. The van der Waals surface area contributed by atoms with Crippen LogP contribution in [0.25, 0.3) is 17.0 Å². The summed E-state index contributed by atoms with van der Waals surface area (Å²) in [7, 11) is 0. The lowest BCUT2D eigenvalue weighted by Crippen LogP contribution is -2.11. The quantitative estimate of drug-likeness (QED) is 0.391. The Morgan fingerprint density at radius 1 is 1.03 bits per heavy atom. The molecular formula is C21H15F5N6O. The number of nitrogens with zero attached hydrogens (tertiary/aromatic N) is 4. The monoisotopic (exact) mass is 462 g/mol. The molecule has 2 heterocycles. The molecule has 0 unspecified atom stereocenters. The van der Waals surface area contributed by atoms with E-state index >= 15 is 0 Å². The van der Waals surface area contributed by atoms with Crippen molar-refractivity contribution in [2.45, 2.75) is 25.4 Å². The smallest absolute Gasteiger partial charge is 0.387 e. The summed E-state index contributed by atoms with van der Waals surface area (Å²) in [5.41, 5.74) is 6.26. The van der Waals surface area contributed by atoms with Gasteiger partial charge >= 0.3 is 6.61 Å². The fourth-order valence-corrected chi connectivity index (χ4v) is 3.45. The molecule has 0 bridgehead atoms. The summed E-state index contributed by atoms with van der Waals surface area (Å²) >= 11 is 0. The van der Waals surface area contributed by atoms with Gasteiger partial charge in [0.15, 0.2) is 29.0 Å². The first-order valence-electron chi connectivity index (χ1n) is 9.83. The number of aromatic nitrogens is 4. The lowest BCUT2D eigenvalue weighted by atomic mass is 10.3. The van der Waals surface area contributed by atoms with Crippen molar-refractivity contribution in [3.8, 4) is 11.7 Å². The maximum atomic E-state index is 14.7. The molecule has 2 aromatic carbocycles. The van der Waals surface area contributed by atoms with Gasteiger partial charge in [-0.2, -0.15) is 23.1 Å². The summed E-state index contributed by atoms with van der Waals surface area (Å²) in [6.07, 6.45) is 1.69. The van der Waals surface area contributed by atoms with Gasteiger partial charge in [-0.3, -0.25) is 4.57 Å². The van der Waals surface area contributed by atoms with Gasteiger partial charge in [-0.05, 0) is 37.1 Å². The van der Waals surface area contributed by atoms with E-state index in [1.54, 1.807) is 6.07 Å². The van der Waals surface area contributed by atoms with Crippen LogP contribution in [0.1, 0.15) is 24.6 Å². The molecule has 2 aromatic heterocycles. The van der Waals surface area contributed by atoms with Gasteiger partial charge in [0.1, 0.15) is 11.3 Å². The lowest BCUT2D eigenvalue weighted by Gasteiger charge is -2.13. The van der Waals surface area contributed by atoms with Gasteiger partial charge in [-0.1, -0.05) is 6.07 Å². The zero-order valence-electron chi connectivity index (χ0n) is 16.7. The van der Waals surface area contributed by atoms with Gasteiger partial charge in [-0.15, -0.1) is 0 Å². The summed E-state index contributed by atoms with van der Waals surface area (Å²) in [6.45, 7) is -3.20. The van der Waals surface area contributed by atoms with Crippen molar-refractivity contribution < 1.29 is 26.7 Å². The van der Waals surface area contributed by atoms with E-state index in [0.717, 1.165) is 25.0 Å². The molecule has 4 aromatic rings. The molecule has 0 aliphatic heterocycles. The third kappa shape index (κ3) is 3.88. The van der Waals surface area contributed by atoms with Crippen molar-refractivity contribution in [3.63, 3.8) is 0 Å². The van der Waals surface area contributed by atoms with E-state index in [1.807, 2.05) is 0 Å². The fraction of sp³-hybridized carbons (Fsp3) is 0.190. The highest BCUT2D eigenvalue weighted by molar-refractivity contribution is 5.79. The zero-order chi connectivity index (χ0) is 23.3. The van der Waals surface area contributed by atoms with Crippen LogP contribution in [0, 0.1) is 17.5 Å². The molecule has 33 heavy (non-hydrogen) atoms. The molecule has 3 N–H and O–H groups in total. The molecule has 0 spiro atoms. The highest BCUT2D eigenvalue weighted by Crippen LogP contribution is 2.42. The Bertz CT molecular complexity index is 1370. The molecule has 0 amide bonds. The second kappa shape index (κ2) is 7.87. The van der Waals surface area contributed by atoms with Gasteiger partial charge < -0.3 is 15.8 Å². The number of benzene rings is 2. The third-order valence-electron chi connectivity index (χ3n) is 5.08. The van der Waals surface area contributed by atoms with E-state index in [1.165, 1.54) is 22.8 Å². The normalized spacial score (nSPS) is 13.6.